The van der Waals surface area contributed by atoms with Gasteiger partial charge in [-0.1, -0.05) is 41.5 Å². The van der Waals surface area contributed by atoms with E-state index < -0.39 is 64.1 Å². The van der Waals surface area contributed by atoms with Crippen molar-refractivity contribution < 1.29 is 23.1 Å². The molecule has 4 N–H and O–H groups in total. The monoisotopic (exact) mass is 542 g/mol. The Labute approximate surface area is 214 Å². The Morgan fingerprint density at radius 3 is 2.11 bits per heavy atom. The second-order valence-corrected chi connectivity index (χ2v) is 22.4. The van der Waals surface area contributed by atoms with Crippen molar-refractivity contribution >= 4 is 22.5 Å². The van der Waals surface area contributed by atoms with Crippen molar-refractivity contribution in [1.29, 1.82) is 0 Å². The van der Waals surface area contributed by atoms with Crippen LogP contribution in [0.4, 0.5) is 0 Å². The summed E-state index contributed by atoms with van der Waals surface area (Å²) in [5, 5.41) is -0.360. The molecule has 13 heteroatoms. The normalized spacial score (nSPS) is 29.0. The first kappa shape index (κ1) is 28.9. The molecule has 0 aromatic carbocycles. The van der Waals surface area contributed by atoms with E-state index in [1.54, 1.807) is 6.92 Å². The number of epoxide rings is 1. The molecular weight excluding hydrogens is 500 g/mol. The van der Waals surface area contributed by atoms with Crippen LogP contribution in [-0.2, 0) is 23.1 Å². The molecule has 0 saturated carbocycles. The van der Waals surface area contributed by atoms with E-state index in [-0.39, 0.29) is 10.1 Å². The largest absolute Gasteiger partial charge is 0.406 e. The molecule has 5 atom stereocenters. The summed E-state index contributed by atoms with van der Waals surface area (Å²) in [6.45, 7) is 22.4. The maximum Gasteiger partial charge on any atom is 0.330 e. The van der Waals surface area contributed by atoms with Crippen LogP contribution in [0.2, 0.25) is 36.3 Å². The number of nitrogens with two attached hydrogens (primary N) is 1. The van der Waals surface area contributed by atoms with Gasteiger partial charge in [0.05, 0.1) is 0 Å². The van der Waals surface area contributed by atoms with E-state index in [2.05, 4.69) is 78.1 Å². The molecular formula is C23H42N4O7Si2. The van der Waals surface area contributed by atoms with Crippen molar-refractivity contribution in [3.8, 4) is 0 Å². The Hall–Kier alpha value is -1.62. The minimum atomic E-state index is -2.49. The van der Waals surface area contributed by atoms with Gasteiger partial charge in [0.25, 0.3) is 11.5 Å². The standard InChI is InChI=1S/C23H42N4O7Si2/c1-13-12-27(20(30)25-16(13)28)18-15(33-35(8,9)21(2,3)4)23(14(32-23)17(29)26-24)19(31-18)34-36(10,11)22(5,6)7/h12,14-15,18-19H,24H2,1-11H3,(H,26,29)(H,25,28,30)/t14-,15-,18+,19+,23+/m0/s1. The summed E-state index contributed by atoms with van der Waals surface area (Å²) in [4.78, 5) is 40.1. The fourth-order valence-electron chi connectivity index (χ4n) is 3.76. The van der Waals surface area contributed by atoms with Gasteiger partial charge in [-0.15, -0.1) is 0 Å². The average Bonchev–Trinajstić information content (AvgIpc) is 3.40. The summed E-state index contributed by atoms with van der Waals surface area (Å²) in [7, 11) is -4.93. The van der Waals surface area contributed by atoms with E-state index in [1.807, 2.05) is 0 Å². The number of amides is 1. The molecule has 3 heterocycles. The number of H-pyrrole nitrogens is 1. The molecule has 0 bridgehead atoms. The molecule has 2 aliphatic rings. The minimum Gasteiger partial charge on any atom is -0.406 e. The number of carbonyl (C=O) groups is 1. The van der Waals surface area contributed by atoms with E-state index >= 15 is 0 Å². The van der Waals surface area contributed by atoms with Gasteiger partial charge in [-0.05, 0) is 43.2 Å². The summed E-state index contributed by atoms with van der Waals surface area (Å²) in [6.07, 6.45) is -2.43. The van der Waals surface area contributed by atoms with E-state index in [0.717, 1.165) is 0 Å². The third-order valence-electron chi connectivity index (χ3n) is 8.25. The number of aromatic amines is 1. The molecule has 36 heavy (non-hydrogen) atoms. The quantitative estimate of drug-likeness (QED) is 0.163. The molecule has 1 aromatic heterocycles. The van der Waals surface area contributed by atoms with Crippen LogP contribution in [0.1, 0.15) is 53.3 Å². The van der Waals surface area contributed by atoms with Crippen LogP contribution in [0.5, 0.6) is 0 Å². The Kier molecular flexibility index (Phi) is 7.23. The average molecular weight is 543 g/mol. The molecule has 1 amide bonds. The number of hydrogen-bond acceptors (Lipinski definition) is 8. The van der Waals surface area contributed by atoms with Gasteiger partial charge in [0.1, 0.15) is 6.10 Å². The molecule has 0 radical (unpaired) electrons. The van der Waals surface area contributed by atoms with E-state index in [9.17, 15) is 14.4 Å². The zero-order valence-corrected chi connectivity index (χ0v) is 25.3. The van der Waals surface area contributed by atoms with E-state index in [0.29, 0.717) is 5.56 Å². The lowest BCUT2D eigenvalue weighted by atomic mass is 9.98. The zero-order valence-electron chi connectivity index (χ0n) is 23.3. The number of hydrogen-bond donors (Lipinski definition) is 3. The van der Waals surface area contributed by atoms with Crippen LogP contribution in [-0.4, -0.2) is 56.2 Å². The molecule has 3 rings (SSSR count). The second-order valence-electron chi connectivity index (χ2n) is 12.9. The summed E-state index contributed by atoms with van der Waals surface area (Å²) < 4.78 is 27.3. The van der Waals surface area contributed by atoms with Crippen LogP contribution in [0.3, 0.4) is 0 Å². The van der Waals surface area contributed by atoms with Gasteiger partial charge in [-0.3, -0.25) is 24.6 Å². The minimum absolute atomic E-state index is 0.169. The molecule has 0 unspecified atom stereocenters. The van der Waals surface area contributed by atoms with Crippen LogP contribution in [0, 0.1) is 6.92 Å². The third-order valence-corrected chi connectivity index (χ3v) is 17.1. The van der Waals surface area contributed by atoms with Gasteiger partial charge < -0.3 is 18.3 Å². The zero-order chi connectivity index (χ0) is 27.6. The molecule has 0 aliphatic carbocycles. The molecule has 204 valence electrons. The maximum atomic E-state index is 13.0. The summed E-state index contributed by atoms with van der Waals surface area (Å²) >= 11 is 0. The SMILES string of the molecule is Cc1cn([C@@H]2O[C@H](O[Si](C)(C)C(C)(C)C)[C@]3(O[C@H]3C(=O)NN)[C@H]2O[Si](C)(C)C(C)(C)C)c(=O)[nH]c1=O. The van der Waals surface area contributed by atoms with Gasteiger partial charge in [0.2, 0.25) is 0 Å². The van der Waals surface area contributed by atoms with Gasteiger partial charge in [0, 0.05) is 11.8 Å². The third kappa shape index (κ3) is 4.82. The molecule has 1 spiro atoms. The van der Waals surface area contributed by atoms with Gasteiger partial charge in [-0.25, -0.2) is 10.6 Å². The highest BCUT2D eigenvalue weighted by Crippen LogP contribution is 2.57. The number of nitrogens with one attached hydrogen (secondary N) is 2. The van der Waals surface area contributed by atoms with Crippen LogP contribution < -0.4 is 22.5 Å². The summed E-state index contributed by atoms with van der Waals surface area (Å²) in [6, 6.07) is 0. The number of carbonyl (C=O) groups excluding carboxylic acids is 1. The molecule has 2 saturated heterocycles. The lowest BCUT2D eigenvalue weighted by Gasteiger charge is -2.41. The second kappa shape index (κ2) is 9.00. The summed E-state index contributed by atoms with van der Waals surface area (Å²) in [5.74, 6) is 4.94. The van der Waals surface area contributed by atoms with Crippen molar-refractivity contribution in [3.05, 3.63) is 32.6 Å². The summed E-state index contributed by atoms with van der Waals surface area (Å²) in [5.41, 5.74) is 0.0472. The highest BCUT2D eigenvalue weighted by molar-refractivity contribution is 6.74. The highest BCUT2D eigenvalue weighted by Gasteiger charge is 2.78. The fraction of sp³-hybridized carbons (Fsp3) is 0.783. The van der Waals surface area contributed by atoms with Gasteiger partial charge in [-0.2, -0.15) is 0 Å². The number of aryl methyl sites for hydroxylation is 1. The van der Waals surface area contributed by atoms with Crippen molar-refractivity contribution in [1.82, 2.24) is 15.0 Å². The van der Waals surface area contributed by atoms with Crippen molar-refractivity contribution in [2.45, 2.75) is 115 Å². The van der Waals surface area contributed by atoms with E-state index in [1.165, 1.54) is 10.8 Å². The topological polar surface area (TPSA) is 150 Å². The number of rotatable bonds is 6. The Morgan fingerprint density at radius 1 is 1.08 bits per heavy atom. The first-order valence-electron chi connectivity index (χ1n) is 12.2. The number of aromatic nitrogens is 2. The number of nitrogens with zero attached hydrogens (tertiary/aromatic N) is 1. The van der Waals surface area contributed by atoms with Crippen molar-refractivity contribution in [3.63, 3.8) is 0 Å². The van der Waals surface area contributed by atoms with Crippen molar-refractivity contribution in [2.75, 3.05) is 0 Å². The highest BCUT2D eigenvalue weighted by atomic mass is 28.4. The van der Waals surface area contributed by atoms with Gasteiger partial charge in [0.15, 0.2) is 40.9 Å². The number of ether oxygens (including phenoxy) is 2. The molecule has 2 fully saturated rings. The lowest BCUT2D eigenvalue weighted by molar-refractivity contribution is -0.127. The fourth-order valence-corrected chi connectivity index (χ4v) is 6.17. The Morgan fingerprint density at radius 2 is 1.61 bits per heavy atom. The maximum absolute atomic E-state index is 13.0. The Bertz CT molecular complexity index is 1130. The molecule has 2 aliphatic heterocycles. The molecule has 1 aromatic rings. The molecule has 11 nitrogen and oxygen atoms in total. The van der Waals surface area contributed by atoms with Crippen LogP contribution >= 0.6 is 0 Å². The van der Waals surface area contributed by atoms with Crippen molar-refractivity contribution in [2.24, 2.45) is 5.84 Å². The van der Waals surface area contributed by atoms with Crippen LogP contribution in [0.25, 0.3) is 0 Å². The predicted molar refractivity (Wildman–Crippen MR) is 140 cm³/mol. The lowest BCUT2D eigenvalue weighted by Crippen LogP contribution is -2.55. The first-order chi connectivity index (χ1) is 16.2. The van der Waals surface area contributed by atoms with E-state index in [4.69, 9.17) is 24.2 Å². The smallest absolute Gasteiger partial charge is 0.330 e. The number of hydrazine groups is 1. The first-order valence-corrected chi connectivity index (χ1v) is 18.0. The van der Waals surface area contributed by atoms with Crippen LogP contribution in [0.15, 0.2) is 15.8 Å². The Balaban J connectivity index is 2.20. The predicted octanol–water partition coefficient (Wildman–Crippen LogP) is 2.24. The van der Waals surface area contributed by atoms with Gasteiger partial charge >= 0.3 is 5.69 Å².